The first-order chi connectivity index (χ1) is 28.7. The van der Waals surface area contributed by atoms with Crippen LogP contribution in [0.1, 0.15) is 116 Å². The number of aromatic nitrogens is 2. The fourth-order valence-corrected chi connectivity index (χ4v) is 9.69. The Morgan fingerprint density at radius 2 is 1.16 bits per heavy atom. The normalized spacial score (nSPS) is 19.1. The molecule has 63 heavy (non-hydrogen) atoms. The summed E-state index contributed by atoms with van der Waals surface area (Å²) in [7, 11) is 0. The van der Waals surface area contributed by atoms with Crippen molar-refractivity contribution in [1.82, 2.24) is 25.9 Å². The number of fused-ring (bicyclic) bond motifs is 2. The fourth-order valence-electron chi connectivity index (χ4n) is 8.90. The molecule has 2 amide bonds. The van der Waals surface area contributed by atoms with Crippen molar-refractivity contribution in [3.8, 4) is 0 Å². The number of anilines is 1. The summed E-state index contributed by atoms with van der Waals surface area (Å²) in [5.74, 6) is -0.536. The van der Waals surface area contributed by atoms with Crippen LogP contribution in [-0.4, -0.2) is 59.5 Å². The van der Waals surface area contributed by atoms with Gasteiger partial charge in [0.15, 0.2) is 0 Å². The van der Waals surface area contributed by atoms with E-state index in [2.05, 4.69) is 91.3 Å². The predicted octanol–water partition coefficient (Wildman–Crippen LogP) is 12.4. The van der Waals surface area contributed by atoms with Crippen molar-refractivity contribution in [3.05, 3.63) is 120 Å². The van der Waals surface area contributed by atoms with Crippen LogP contribution < -0.4 is 20.9 Å². The zero-order valence-electron chi connectivity index (χ0n) is 35.5. The van der Waals surface area contributed by atoms with Crippen molar-refractivity contribution in [3.63, 3.8) is 0 Å². The van der Waals surface area contributed by atoms with Crippen LogP contribution >= 0.6 is 54.5 Å². The molecule has 0 saturated carbocycles. The van der Waals surface area contributed by atoms with Crippen LogP contribution in [0.5, 0.6) is 0 Å². The molecule has 0 unspecified atom stereocenters. The van der Waals surface area contributed by atoms with E-state index in [0.29, 0.717) is 0 Å². The zero-order valence-corrected chi connectivity index (χ0v) is 40.8. The topological polar surface area (TPSA) is 118 Å². The Morgan fingerprint density at radius 3 is 1.56 bits per heavy atom. The zero-order chi connectivity index (χ0) is 44.2. The van der Waals surface area contributed by atoms with Crippen LogP contribution in [0.15, 0.2) is 82.3 Å². The van der Waals surface area contributed by atoms with Crippen LogP contribution in [0.25, 0.3) is 0 Å². The molecule has 2 saturated heterocycles. The average molecular weight is 1110 g/mol. The van der Waals surface area contributed by atoms with Crippen molar-refractivity contribution in [2.24, 2.45) is 10.8 Å². The Bertz CT molecular complexity index is 2130. The van der Waals surface area contributed by atoms with Gasteiger partial charge in [-0.25, -0.2) is 28.3 Å². The summed E-state index contributed by atoms with van der Waals surface area (Å²) in [5, 5.41) is 9.47. The third-order valence-electron chi connectivity index (χ3n) is 11.6. The second kappa shape index (κ2) is 21.7. The fraction of sp³-hybridized carbons (Fsp3) is 0.500. The van der Waals surface area contributed by atoms with Crippen LogP contribution in [0.4, 0.5) is 24.1 Å². The molecule has 10 nitrogen and oxygen atoms in total. The van der Waals surface area contributed by atoms with Gasteiger partial charge in [-0.2, -0.15) is 0 Å². The van der Waals surface area contributed by atoms with Gasteiger partial charge in [-0.1, -0.05) is 27.0 Å². The summed E-state index contributed by atoms with van der Waals surface area (Å²) in [5.41, 5.74) is 3.78. The van der Waals surface area contributed by atoms with Gasteiger partial charge in [-0.05, 0) is 218 Å². The lowest BCUT2D eigenvalue weighted by atomic mass is 9.72. The van der Waals surface area contributed by atoms with Gasteiger partial charge in [0.1, 0.15) is 32.0 Å². The summed E-state index contributed by atoms with van der Waals surface area (Å²) in [6.07, 6.45) is 8.20. The highest BCUT2D eigenvalue weighted by Crippen LogP contribution is 2.53. The largest absolute Gasteiger partial charge is 0.444 e. The summed E-state index contributed by atoms with van der Waals surface area (Å²) >= 11 is 8.82. The molecule has 4 aliphatic rings. The highest BCUT2D eigenvalue weighted by Gasteiger charge is 2.50. The number of hydrogen-bond donors (Lipinski definition) is 3. The Balaban J connectivity index is 0.000000234. The first-order valence-electron chi connectivity index (χ1n) is 20.6. The predicted molar refractivity (Wildman–Crippen MR) is 263 cm³/mol. The number of carbonyl (C=O) groups is 2. The lowest BCUT2D eigenvalue weighted by Gasteiger charge is -2.44. The van der Waals surface area contributed by atoms with E-state index in [1.807, 2.05) is 84.3 Å². The summed E-state index contributed by atoms with van der Waals surface area (Å²) < 4.78 is 41.6. The minimum Gasteiger partial charge on any atom is -0.444 e. The number of carbonyl (C=O) groups excluding carboxylic acids is 2. The first kappa shape index (κ1) is 52.2. The molecule has 2 fully saturated rings. The van der Waals surface area contributed by atoms with Gasteiger partial charge in [-0.15, -0.1) is 0 Å². The molecular weight excluding hydrogens is 1050 g/mol. The molecule has 2 aliphatic carbocycles. The van der Waals surface area contributed by atoms with Crippen LogP contribution in [0.2, 0.25) is 0 Å². The number of nitrogens with zero attached hydrogens (tertiary/aromatic N) is 3. The number of halogens is 5. The highest BCUT2D eigenvalue weighted by molar-refractivity contribution is 14.1. The van der Waals surface area contributed by atoms with E-state index >= 15 is 0 Å². The number of piperidine rings is 2. The number of nitrogens with one attached hydrogen (secondary N) is 3. The van der Waals surface area contributed by atoms with Gasteiger partial charge in [0.05, 0.1) is 24.0 Å². The average Bonchev–Trinajstić information content (AvgIpc) is 3.62. The maximum absolute atomic E-state index is 14.1. The van der Waals surface area contributed by atoms with Gasteiger partial charge in [0.25, 0.3) is 0 Å². The summed E-state index contributed by atoms with van der Waals surface area (Å²) in [6.45, 7) is 14.6. The van der Waals surface area contributed by atoms with Crippen molar-refractivity contribution in [2.75, 3.05) is 31.1 Å². The van der Waals surface area contributed by atoms with E-state index in [1.165, 1.54) is 12.1 Å². The monoisotopic (exact) mass is 1110 g/mol. The van der Waals surface area contributed by atoms with Crippen LogP contribution in [0, 0.1) is 26.0 Å². The molecule has 2 spiro atoms. The maximum atomic E-state index is 14.1. The number of ether oxygens (including phenoxy) is 2. The molecular formula is C48H63Br2F2IN6O4. The molecule has 0 radical (unpaired) electrons. The van der Waals surface area contributed by atoms with E-state index in [9.17, 15) is 18.4 Å². The minimum atomic E-state index is -0.585. The minimum absolute atomic E-state index is 0. The molecule has 2 aliphatic heterocycles. The van der Waals surface area contributed by atoms with Crippen molar-refractivity contribution >= 4 is 72.3 Å². The Kier molecular flexibility index (Phi) is 18.0. The summed E-state index contributed by atoms with van der Waals surface area (Å²) in [6, 6.07) is 17.3. The van der Waals surface area contributed by atoms with Crippen molar-refractivity contribution in [2.45, 2.75) is 118 Å². The van der Waals surface area contributed by atoms with Gasteiger partial charge < -0.3 is 30.3 Å². The standard InChI is InChI=1S/C23H27BrFN3O2.C18H25FN2O2.C5H3BrIN.2CH4/c1-22(2,3)30-21(29)27-20-18-12-16(25)5-4-15(18)13-23(20)8-10-28(11-9-23)17-6-7-19(24)26-14-17;1-17(2,3)23-16(22)21-15-14-10-13(19)5-4-12(14)11-18(15)6-8-20-9-7-18;6-5-2-1-4(7)3-8-5;;/h4-7,12,14,20H,8-11,13H2,1-3H3,(H,27,29);4-5,10,15,20H,6-9,11H2,1-3H3,(H,21,22);1-3H;2*1H4/t20-;15-;;;/m11.../s1. The maximum Gasteiger partial charge on any atom is 0.408 e. The number of pyridine rings is 2. The quantitative estimate of drug-likeness (QED) is 0.137. The second-order valence-corrected chi connectivity index (χ2v) is 21.2. The molecule has 2 atom stereocenters. The highest BCUT2D eigenvalue weighted by atomic mass is 127. The molecule has 2 aromatic carbocycles. The van der Waals surface area contributed by atoms with Crippen molar-refractivity contribution in [1.29, 1.82) is 0 Å². The molecule has 2 aromatic heterocycles. The number of amides is 2. The lowest BCUT2D eigenvalue weighted by molar-refractivity contribution is 0.0415. The van der Waals surface area contributed by atoms with E-state index in [1.54, 1.807) is 12.1 Å². The Hall–Kier alpha value is -3.41. The molecule has 15 heteroatoms. The second-order valence-electron chi connectivity index (χ2n) is 18.3. The molecule has 8 rings (SSSR count). The molecule has 0 bridgehead atoms. The Morgan fingerprint density at radius 1 is 0.714 bits per heavy atom. The third kappa shape index (κ3) is 13.8. The third-order valence-corrected chi connectivity index (χ3v) is 13.2. The number of alkyl carbamates (subject to hydrolysis) is 2. The van der Waals surface area contributed by atoms with Crippen molar-refractivity contribution < 1.29 is 27.8 Å². The molecule has 3 N–H and O–H groups in total. The first-order valence-corrected chi connectivity index (χ1v) is 23.3. The van der Waals surface area contributed by atoms with Gasteiger partial charge in [0, 0.05) is 33.7 Å². The van der Waals surface area contributed by atoms with Gasteiger partial charge in [-0.3, -0.25) is 0 Å². The van der Waals surface area contributed by atoms with E-state index in [0.717, 1.165) is 105 Å². The van der Waals surface area contributed by atoms with Crippen LogP contribution in [-0.2, 0) is 22.3 Å². The molecule has 4 aromatic rings. The lowest BCUT2D eigenvalue weighted by Crippen LogP contribution is -2.47. The summed E-state index contributed by atoms with van der Waals surface area (Å²) in [4.78, 5) is 35.5. The number of rotatable bonds is 3. The molecule has 4 heterocycles. The van der Waals surface area contributed by atoms with Gasteiger partial charge in [0.2, 0.25) is 0 Å². The van der Waals surface area contributed by atoms with Gasteiger partial charge >= 0.3 is 12.2 Å². The van der Waals surface area contributed by atoms with Crippen LogP contribution in [0.3, 0.4) is 0 Å². The SMILES string of the molecule is Brc1ccc(I)cn1.C.C.CC(C)(C)OC(=O)N[C@@H]1c2cc(F)ccc2CC12CCN(c1ccc(Br)nc1)CC2.CC(C)(C)OC(=O)N[C@@H]1c2cc(F)ccc2CC12CCNCC2. The molecule has 344 valence electrons. The smallest absolute Gasteiger partial charge is 0.408 e. The Labute approximate surface area is 403 Å². The number of benzene rings is 2. The van der Waals surface area contributed by atoms with E-state index in [4.69, 9.17) is 9.47 Å². The number of hydrogen-bond acceptors (Lipinski definition) is 8. The van der Waals surface area contributed by atoms with E-state index in [-0.39, 0.29) is 49.4 Å². The van der Waals surface area contributed by atoms with E-state index < -0.39 is 23.4 Å².